The molecule has 3 nitrogen and oxygen atoms in total. The number of hydrogen-bond acceptors (Lipinski definition) is 3. The van der Waals surface area contributed by atoms with Gasteiger partial charge in [0.2, 0.25) is 0 Å². The second kappa shape index (κ2) is 5.76. The molecule has 1 aliphatic heterocycles. The number of hydrogen-bond donors (Lipinski definition) is 1. The molecule has 0 radical (unpaired) electrons. The Morgan fingerprint density at radius 1 is 1.30 bits per heavy atom. The summed E-state index contributed by atoms with van der Waals surface area (Å²) in [5.41, 5.74) is 1.44. The summed E-state index contributed by atoms with van der Waals surface area (Å²) < 4.78 is 12.6. The number of rotatable bonds is 4. The third-order valence-corrected chi connectivity index (χ3v) is 4.91. The van der Waals surface area contributed by atoms with E-state index in [-0.39, 0.29) is 6.10 Å². The normalized spacial score (nSPS) is 32.0. The fourth-order valence-corrected chi connectivity index (χ4v) is 3.61. The average Bonchev–Trinajstić information content (AvgIpc) is 2.69. The summed E-state index contributed by atoms with van der Waals surface area (Å²) in [6, 6.07) is 9.15. The molecule has 1 saturated carbocycles. The Kier molecular flexibility index (Phi) is 4.18. The molecule has 3 rings (SSSR count). The lowest BCUT2D eigenvalue weighted by Crippen LogP contribution is -2.44. The van der Waals surface area contributed by atoms with Gasteiger partial charge in [0.25, 0.3) is 0 Å². The molecule has 0 amide bonds. The van der Waals surface area contributed by atoms with Gasteiger partial charge in [-0.05, 0) is 44.2 Å². The molecule has 0 spiro atoms. The van der Waals surface area contributed by atoms with E-state index in [4.69, 9.17) is 9.47 Å². The van der Waals surface area contributed by atoms with E-state index in [1.807, 2.05) is 13.8 Å². The molecule has 1 saturated heterocycles. The van der Waals surface area contributed by atoms with E-state index >= 15 is 0 Å². The Morgan fingerprint density at radius 2 is 2.05 bits per heavy atom. The lowest BCUT2D eigenvalue weighted by Gasteiger charge is -2.37. The maximum atomic E-state index is 5.81. The van der Waals surface area contributed by atoms with Crippen molar-refractivity contribution in [2.45, 2.75) is 50.5 Å². The molecule has 1 N–H and O–H groups in total. The van der Waals surface area contributed by atoms with Crippen LogP contribution in [0.15, 0.2) is 28.7 Å². The minimum Gasteiger partial charge on any atom is -0.348 e. The van der Waals surface area contributed by atoms with Crippen molar-refractivity contribution < 1.29 is 9.47 Å². The topological polar surface area (TPSA) is 30.5 Å². The van der Waals surface area contributed by atoms with Crippen molar-refractivity contribution in [3.8, 4) is 0 Å². The minimum atomic E-state index is -0.413. The summed E-state index contributed by atoms with van der Waals surface area (Å²) in [7, 11) is 0. The van der Waals surface area contributed by atoms with Gasteiger partial charge < -0.3 is 14.8 Å². The highest BCUT2D eigenvalue weighted by molar-refractivity contribution is 9.10. The fourth-order valence-electron chi connectivity index (χ4n) is 3.01. The molecule has 1 aliphatic carbocycles. The fraction of sp³-hybridized carbons (Fsp3) is 0.625. The summed E-state index contributed by atoms with van der Waals surface area (Å²) in [6.07, 6.45) is 2.60. The molecule has 1 aromatic carbocycles. The van der Waals surface area contributed by atoms with Gasteiger partial charge in [-0.3, -0.25) is 0 Å². The van der Waals surface area contributed by atoms with Crippen LogP contribution in [0.5, 0.6) is 0 Å². The molecule has 0 bridgehead atoms. The van der Waals surface area contributed by atoms with Crippen LogP contribution in [0.2, 0.25) is 0 Å². The van der Waals surface area contributed by atoms with E-state index in [2.05, 4.69) is 45.5 Å². The SMILES string of the molecule is CC1(C)OCC(CNC2CC(c3ccccc3Br)C2)O1. The summed E-state index contributed by atoms with van der Waals surface area (Å²) in [6.45, 7) is 5.52. The van der Waals surface area contributed by atoms with Crippen LogP contribution in [0.3, 0.4) is 0 Å². The molecule has 2 fully saturated rings. The van der Waals surface area contributed by atoms with Crippen LogP contribution in [0.4, 0.5) is 0 Å². The summed E-state index contributed by atoms with van der Waals surface area (Å²) in [5, 5.41) is 3.60. The van der Waals surface area contributed by atoms with Gasteiger partial charge in [0.05, 0.1) is 12.7 Å². The van der Waals surface area contributed by atoms with Crippen molar-refractivity contribution in [2.75, 3.05) is 13.2 Å². The first-order chi connectivity index (χ1) is 9.53. The Labute approximate surface area is 129 Å². The van der Waals surface area contributed by atoms with Crippen LogP contribution in [0.1, 0.15) is 38.2 Å². The van der Waals surface area contributed by atoms with Gasteiger partial charge in [-0.25, -0.2) is 0 Å². The molecule has 4 heteroatoms. The molecule has 20 heavy (non-hydrogen) atoms. The monoisotopic (exact) mass is 339 g/mol. The third kappa shape index (κ3) is 3.25. The van der Waals surface area contributed by atoms with Crippen molar-refractivity contribution in [2.24, 2.45) is 0 Å². The van der Waals surface area contributed by atoms with Crippen molar-refractivity contribution in [3.05, 3.63) is 34.3 Å². The van der Waals surface area contributed by atoms with E-state index < -0.39 is 5.79 Å². The summed E-state index contributed by atoms with van der Waals surface area (Å²) in [5.74, 6) is 0.268. The number of benzene rings is 1. The van der Waals surface area contributed by atoms with Gasteiger partial charge in [0.15, 0.2) is 5.79 Å². The first-order valence-corrected chi connectivity index (χ1v) is 8.12. The highest BCUT2D eigenvalue weighted by Gasteiger charge is 2.35. The highest BCUT2D eigenvalue weighted by Crippen LogP contribution is 2.40. The van der Waals surface area contributed by atoms with E-state index in [9.17, 15) is 0 Å². The van der Waals surface area contributed by atoms with Gasteiger partial charge in [-0.2, -0.15) is 0 Å². The van der Waals surface area contributed by atoms with Crippen LogP contribution in [0.25, 0.3) is 0 Å². The maximum Gasteiger partial charge on any atom is 0.163 e. The van der Waals surface area contributed by atoms with Gasteiger partial charge in [0, 0.05) is 17.1 Å². The average molecular weight is 340 g/mol. The molecule has 1 unspecified atom stereocenters. The third-order valence-electron chi connectivity index (χ3n) is 4.18. The van der Waals surface area contributed by atoms with Crippen LogP contribution in [-0.4, -0.2) is 31.1 Å². The van der Waals surface area contributed by atoms with Gasteiger partial charge >= 0.3 is 0 Å². The Morgan fingerprint density at radius 3 is 2.70 bits per heavy atom. The summed E-state index contributed by atoms with van der Waals surface area (Å²) in [4.78, 5) is 0. The predicted molar refractivity (Wildman–Crippen MR) is 82.8 cm³/mol. The predicted octanol–water partition coefficient (Wildman–Crippen LogP) is 3.44. The lowest BCUT2D eigenvalue weighted by atomic mass is 9.76. The van der Waals surface area contributed by atoms with Crippen LogP contribution < -0.4 is 5.32 Å². The molecule has 0 aromatic heterocycles. The van der Waals surface area contributed by atoms with Crippen molar-refractivity contribution >= 4 is 15.9 Å². The smallest absolute Gasteiger partial charge is 0.163 e. The standard InChI is InChI=1S/C16H22BrNO2/c1-16(2)19-10-13(20-16)9-18-12-7-11(8-12)14-5-3-4-6-15(14)17/h3-6,11-13,18H,7-10H2,1-2H3. The Bertz CT molecular complexity index is 471. The van der Waals surface area contributed by atoms with Crippen LogP contribution in [0, 0.1) is 0 Å². The zero-order valence-electron chi connectivity index (χ0n) is 12.1. The number of nitrogens with one attached hydrogen (secondary N) is 1. The molecule has 1 aromatic rings. The highest BCUT2D eigenvalue weighted by atomic mass is 79.9. The minimum absolute atomic E-state index is 0.188. The van der Waals surface area contributed by atoms with Gasteiger partial charge in [-0.15, -0.1) is 0 Å². The van der Waals surface area contributed by atoms with E-state index in [0.717, 1.165) is 6.54 Å². The first-order valence-electron chi connectivity index (χ1n) is 7.33. The van der Waals surface area contributed by atoms with E-state index in [1.165, 1.54) is 22.9 Å². The zero-order chi connectivity index (χ0) is 14.2. The van der Waals surface area contributed by atoms with Crippen LogP contribution in [-0.2, 0) is 9.47 Å². The van der Waals surface area contributed by atoms with Crippen molar-refractivity contribution in [1.29, 1.82) is 0 Å². The van der Waals surface area contributed by atoms with E-state index in [1.54, 1.807) is 0 Å². The van der Waals surface area contributed by atoms with Crippen LogP contribution >= 0.6 is 15.9 Å². The summed E-state index contributed by atoms with van der Waals surface area (Å²) >= 11 is 3.64. The first kappa shape index (κ1) is 14.5. The van der Waals surface area contributed by atoms with Gasteiger partial charge in [0.1, 0.15) is 0 Å². The Balaban J connectivity index is 1.42. The molecular formula is C16H22BrNO2. The largest absolute Gasteiger partial charge is 0.348 e. The molecule has 2 aliphatic rings. The maximum absolute atomic E-state index is 5.81. The molecule has 110 valence electrons. The molecular weight excluding hydrogens is 318 g/mol. The van der Waals surface area contributed by atoms with Gasteiger partial charge in [-0.1, -0.05) is 34.1 Å². The zero-order valence-corrected chi connectivity index (χ0v) is 13.7. The van der Waals surface area contributed by atoms with Crippen molar-refractivity contribution in [3.63, 3.8) is 0 Å². The Hall–Kier alpha value is -0.420. The quantitative estimate of drug-likeness (QED) is 0.911. The number of halogens is 1. The second-order valence-electron chi connectivity index (χ2n) is 6.25. The number of ether oxygens (including phenoxy) is 2. The second-order valence-corrected chi connectivity index (χ2v) is 7.10. The van der Waals surface area contributed by atoms with Crippen molar-refractivity contribution in [1.82, 2.24) is 5.32 Å². The lowest BCUT2D eigenvalue weighted by molar-refractivity contribution is -0.138. The molecule has 1 heterocycles. The molecule has 1 atom stereocenters. The van der Waals surface area contributed by atoms with E-state index in [0.29, 0.717) is 18.6 Å².